The number of rotatable bonds is 9. The molecule has 28 atom stereocenters. The van der Waals surface area contributed by atoms with Gasteiger partial charge in [0.15, 0.2) is 30.9 Å². The maximum absolute atomic E-state index is 12.4. The van der Waals surface area contributed by atoms with Crippen LogP contribution in [0.15, 0.2) is 11.6 Å². The van der Waals surface area contributed by atoms with Crippen molar-refractivity contribution in [2.45, 2.75) is 208 Å². The lowest BCUT2D eigenvalue weighted by molar-refractivity contribution is -0.394. The molecule has 19 heteroatoms. The summed E-state index contributed by atoms with van der Waals surface area (Å²) in [6.45, 7) is 8.96. The van der Waals surface area contributed by atoms with Gasteiger partial charge in [0.1, 0.15) is 67.1 Å². The normalized spacial score (nSPS) is 57.8. The number of hydrogen-bond donors (Lipinski definition) is 10. The molecule has 9 aliphatic rings. The Balaban J connectivity index is 0.947. The van der Waals surface area contributed by atoms with Gasteiger partial charge in [-0.3, -0.25) is 0 Å². The lowest BCUT2D eigenvalue weighted by atomic mass is 9.46. The van der Waals surface area contributed by atoms with Crippen LogP contribution in [-0.4, -0.2) is 194 Å². The predicted octanol–water partition coefficient (Wildman–Crippen LogP) is -0.843. The number of hydrogen-bond acceptors (Lipinski definition) is 19. The molecule has 9 rings (SSSR count). The number of ether oxygens (including phenoxy) is 9. The van der Waals surface area contributed by atoms with Crippen LogP contribution < -0.4 is 0 Å². The Kier molecular flexibility index (Phi) is 13.8. The molecule has 4 aliphatic carbocycles. The number of methoxy groups -OCH3 is 1. The topological polar surface area (TPSA) is 285 Å². The van der Waals surface area contributed by atoms with Gasteiger partial charge >= 0.3 is 0 Å². The third-order valence-electron chi connectivity index (χ3n) is 18.2. The van der Waals surface area contributed by atoms with Crippen molar-refractivity contribution in [3.05, 3.63) is 11.6 Å². The Hall–Kier alpha value is -1.02. The van der Waals surface area contributed by atoms with Gasteiger partial charge in [-0.05, 0) is 75.0 Å². The average Bonchev–Trinajstić information content (AvgIpc) is 3.74. The molecule has 5 aliphatic heterocycles. The zero-order valence-corrected chi connectivity index (χ0v) is 38.2. The standard InChI is InChI=1S/C46H74O19/c1-18-9-12-46(65-40(18)57-6)19(2)30-26(64-46)14-25-23-8-7-21-13-22(10-11-44(21,4)24(23)15-29(49)45(25,30)5)59-43-39(63-41-36(55)34(53)31(50)20(3)58-41)38(33(52)28(17-48)61-43)62-42-37(56)35(54)32(51)27(16-47)60-42/h7,18-20,22-43,47-56H,8-17H2,1-6H3/t18-,19+,20+,22+,23-,24+,25+,26+,27-,28-,29-,30+,31+,32-,33+,34-,35+,36-,37-,38+,39-,40-,41+,42+,43-,44+,45-,46+/m1/s1. The summed E-state index contributed by atoms with van der Waals surface area (Å²) in [6, 6.07) is 0. The molecule has 65 heavy (non-hydrogen) atoms. The zero-order valence-electron chi connectivity index (χ0n) is 38.2. The lowest BCUT2D eigenvalue weighted by Crippen LogP contribution is -2.67. The SMILES string of the molecule is CO[C@@H]1O[C@]2(CC[C@H]1C)O[C@H]1C[C@H]3[C@@H]4CC=C5C[C@@H](O[C@@H]6O[C@H](CO)[C@H](O)[C@H](O[C@@H]7O[C@H](CO)[C@@H](O)[C@H](O)[C@H]7O)[C@H]6O[C@@H]6O[C@@H](C)[C@H](O)[C@@H](O)[C@H]6O)CC[C@]5(C)[C@H]4C[C@@H](O)[C@]3(C)[C@H]1[C@@H]2C. The van der Waals surface area contributed by atoms with Gasteiger partial charge in [-0.15, -0.1) is 0 Å². The van der Waals surface area contributed by atoms with Gasteiger partial charge in [0.05, 0.1) is 37.6 Å². The first kappa shape index (κ1) is 49.0. The third-order valence-corrected chi connectivity index (χ3v) is 18.2. The van der Waals surface area contributed by atoms with Crippen LogP contribution in [0.4, 0.5) is 0 Å². The zero-order chi connectivity index (χ0) is 46.7. The molecule has 0 unspecified atom stereocenters. The van der Waals surface area contributed by atoms with E-state index < -0.39 is 123 Å². The van der Waals surface area contributed by atoms with Crippen LogP contribution in [0.1, 0.15) is 86.0 Å². The second-order valence-corrected chi connectivity index (χ2v) is 21.4. The minimum Gasteiger partial charge on any atom is -0.394 e. The van der Waals surface area contributed by atoms with Crippen molar-refractivity contribution in [2.75, 3.05) is 20.3 Å². The van der Waals surface area contributed by atoms with E-state index in [-0.39, 0.29) is 52.8 Å². The van der Waals surface area contributed by atoms with E-state index in [9.17, 15) is 51.1 Å². The maximum Gasteiger partial charge on any atom is 0.187 e. The first-order valence-electron chi connectivity index (χ1n) is 24.0. The van der Waals surface area contributed by atoms with Gasteiger partial charge in [0.2, 0.25) is 0 Å². The number of allylic oxidation sites excluding steroid dienone is 1. The van der Waals surface area contributed by atoms with Gasteiger partial charge in [0.25, 0.3) is 0 Å². The monoisotopic (exact) mass is 930 g/mol. The minimum absolute atomic E-state index is 0.0290. The molecule has 0 radical (unpaired) electrons. The molecule has 0 aromatic heterocycles. The lowest BCUT2D eigenvalue weighted by Gasteiger charge is -2.60. The Morgan fingerprint density at radius 1 is 0.662 bits per heavy atom. The summed E-state index contributed by atoms with van der Waals surface area (Å²) in [5.74, 6) is 0.520. The highest BCUT2D eigenvalue weighted by atomic mass is 16.8. The number of aliphatic hydroxyl groups excluding tert-OH is 10. The Morgan fingerprint density at radius 3 is 2.00 bits per heavy atom. The molecule has 19 nitrogen and oxygen atoms in total. The van der Waals surface area contributed by atoms with Gasteiger partial charge in [0, 0.05) is 36.7 Å². The van der Waals surface area contributed by atoms with Crippen LogP contribution in [0, 0.1) is 46.3 Å². The molecule has 0 bridgehead atoms. The molecule has 0 aromatic rings. The second-order valence-electron chi connectivity index (χ2n) is 21.4. The number of fused-ring (bicyclic) bond motifs is 7. The molecule has 372 valence electrons. The molecule has 5 heterocycles. The van der Waals surface area contributed by atoms with Gasteiger partial charge in [-0.2, -0.15) is 0 Å². The van der Waals surface area contributed by atoms with Gasteiger partial charge in [-0.1, -0.05) is 39.3 Å². The third kappa shape index (κ3) is 7.92. The molecular formula is C46H74O19. The molecule has 8 fully saturated rings. The molecule has 5 saturated heterocycles. The van der Waals surface area contributed by atoms with E-state index in [4.69, 9.17) is 42.6 Å². The summed E-state index contributed by atoms with van der Waals surface area (Å²) < 4.78 is 56.0. The quantitative estimate of drug-likeness (QED) is 0.126. The fourth-order valence-corrected chi connectivity index (χ4v) is 14.3. The van der Waals surface area contributed by atoms with Crippen molar-refractivity contribution in [3.63, 3.8) is 0 Å². The summed E-state index contributed by atoms with van der Waals surface area (Å²) >= 11 is 0. The summed E-state index contributed by atoms with van der Waals surface area (Å²) in [4.78, 5) is 0. The van der Waals surface area contributed by atoms with Crippen molar-refractivity contribution in [1.82, 2.24) is 0 Å². The van der Waals surface area contributed by atoms with Gasteiger partial charge < -0.3 is 93.7 Å². The molecular weight excluding hydrogens is 856 g/mol. The van der Waals surface area contributed by atoms with E-state index in [1.54, 1.807) is 7.11 Å². The summed E-state index contributed by atoms with van der Waals surface area (Å²) in [5, 5.41) is 108. The Labute approximate surface area is 379 Å². The molecule has 10 N–H and O–H groups in total. The predicted molar refractivity (Wildman–Crippen MR) is 222 cm³/mol. The van der Waals surface area contributed by atoms with E-state index in [0.717, 1.165) is 32.1 Å². The summed E-state index contributed by atoms with van der Waals surface area (Å²) in [6.07, 6.45) is -16.8. The Bertz CT molecular complexity index is 1710. The van der Waals surface area contributed by atoms with E-state index in [1.807, 2.05) is 0 Å². The smallest absolute Gasteiger partial charge is 0.187 e. The first-order chi connectivity index (χ1) is 30.8. The van der Waals surface area contributed by atoms with Crippen LogP contribution in [0.25, 0.3) is 0 Å². The average molecular weight is 931 g/mol. The second kappa shape index (κ2) is 18.3. The fourth-order valence-electron chi connectivity index (χ4n) is 14.3. The van der Waals surface area contributed by atoms with E-state index in [1.165, 1.54) is 12.5 Å². The van der Waals surface area contributed by atoms with Gasteiger partial charge in [-0.25, -0.2) is 0 Å². The van der Waals surface area contributed by atoms with Crippen molar-refractivity contribution in [3.8, 4) is 0 Å². The van der Waals surface area contributed by atoms with Crippen LogP contribution in [-0.2, 0) is 42.6 Å². The number of aliphatic hydroxyl groups is 10. The summed E-state index contributed by atoms with van der Waals surface area (Å²) in [7, 11) is 1.68. The van der Waals surface area contributed by atoms with Crippen LogP contribution in [0.3, 0.4) is 0 Å². The van der Waals surface area contributed by atoms with Crippen LogP contribution in [0.5, 0.6) is 0 Å². The molecule has 0 aromatic carbocycles. The van der Waals surface area contributed by atoms with Crippen molar-refractivity contribution >= 4 is 0 Å². The van der Waals surface area contributed by atoms with E-state index >= 15 is 0 Å². The van der Waals surface area contributed by atoms with Crippen molar-refractivity contribution < 1.29 is 93.7 Å². The summed E-state index contributed by atoms with van der Waals surface area (Å²) in [5.41, 5.74) is 0.587. The Morgan fingerprint density at radius 2 is 1.31 bits per heavy atom. The van der Waals surface area contributed by atoms with Crippen molar-refractivity contribution in [1.29, 1.82) is 0 Å². The van der Waals surface area contributed by atoms with Crippen molar-refractivity contribution in [2.24, 2.45) is 46.3 Å². The molecule has 0 amide bonds. The highest BCUT2D eigenvalue weighted by Gasteiger charge is 2.72. The van der Waals surface area contributed by atoms with Crippen LogP contribution in [0.2, 0.25) is 0 Å². The highest BCUT2D eigenvalue weighted by molar-refractivity contribution is 5.27. The molecule has 3 saturated carbocycles. The van der Waals surface area contributed by atoms with Crippen LogP contribution >= 0.6 is 0 Å². The minimum atomic E-state index is -1.87. The highest BCUT2D eigenvalue weighted by Crippen LogP contribution is 2.71. The largest absolute Gasteiger partial charge is 0.394 e. The molecule has 1 spiro atoms. The van der Waals surface area contributed by atoms with E-state index in [2.05, 4.69) is 33.8 Å². The van der Waals surface area contributed by atoms with E-state index in [0.29, 0.717) is 25.2 Å². The fraction of sp³-hybridized carbons (Fsp3) is 0.957. The maximum atomic E-state index is 12.4. The first-order valence-corrected chi connectivity index (χ1v) is 24.0.